The Morgan fingerprint density at radius 3 is 1.57 bits per heavy atom. The third-order valence-electron chi connectivity index (χ3n) is 11.1. The van der Waals surface area contributed by atoms with Crippen LogP contribution in [0.2, 0.25) is 0 Å². The number of para-hydroxylation sites is 1. The smallest absolute Gasteiger partial charge is 0.0719 e. The lowest BCUT2D eigenvalue weighted by molar-refractivity contribution is 0.775. The fourth-order valence-corrected chi connectivity index (χ4v) is 8.82. The van der Waals surface area contributed by atoms with E-state index in [4.69, 9.17) is 0 Å². The monoisotopic (exact) mass is 687 g/mol. The van der Waals surface area contributed by atoms with Crippen LogP contribution in [0.1, 0.15) is 22.3 Å². The predicted molar refractivity (Wildman–Crippen MR) is 227 cm³/mol. The quantitative estimate of drug-likeness (QED) is 0.161. The molecule has 1 nitrogen and oxygen atoms in total. The van der Waals surface area contributed by atoms with Crippen molar-refractivity contribution in [3.8, 4) is 33.4 Å². The number of nitrogens with zero attached hydrogens (tertiary/aromatic N) is 1. The number of benzene rings is 9. The van der Waals surface area contributed by atoms with E-state index in [2.05, 4.69) is 229 Å². The van der Waals surface area contributed by atoms with Gasteiger partial charge in [0.05, 0.1) is 5.41 Å². The van der Waals surface area contributed by atoms with Crippen molar-refractivity contribution in [3.63, 3.8) is 0 Å². The van der Waals surface area contributed by atoms with Gasteiger partial charge in [0.15, 0.2) is 0 Å². The maximum absolute atomic E-state index is 2.41. The highest BCUT2D eigenvalue weighted by atomic mass is 15.1. The lowest BCUT2D eigenvalue weighted by Gasteiger charge is -2.35. The Kier molecular flexibility index (Phi) is 7.78. The van der Waals surface area contributed by atoms with Gasteiger partial charge in [-0.15, -0.1) is 0 Å². The molecule has 0 atom stereocenters. The van der Waals surface area contributed by atoms with Crippen LogP contribution in [-0.4, -0.2) is 0 Å². The summed E-state index contributed by atoms with van der Waals surface area (Å²) >= 11 is 0. The normalized spacial score (nSPS) is 12.6. The summed E-state index contributed by atoms with van der Waals surface area (Å²) in [4.78, 5) is 2.35. The third kappa shape index (κ3) is 5.09. The van der Waals surface area contributed by atoms with Crippen LogP contribution >= 0.6 is 0 Å². The molecule has 0 unspecified atom stereocenters. The molecular weight excluding hydrogens is 651 g/mol. The van der Waals surface area contributed by atoms with Crippen molar-refractivity contribution in [3.05, 3.63) is 247 Å². The highest BCUT2D eigenvalue weighted by molar-refractivity contribution is 6.06. The lowest BCUT2D eigenvalue weighted by atomic mass is 9.66. The molecule has 254 valence electrons. The van der Waals surface area contributed by atoms with Gasteiger partial charge in [-0.3, -0.25) is 0 Å². The van der Waals surface area contributed by atoms with Crippen LogP contribution in [0.15, 0.2) is 224 Å². The molecule has 0 N–H and O–H groups in total. The van der Waals surface area contributed by atoms with E-state index in [0.29, 0.717) is 0 Å². The van der Waals surface area contributed by atoms with E-state index in [1.54, 1.807) is 0 Å². The summed E-state index contributed by atoms with van der Waals surface area (Å²) in [7, 11) is 0. The Hall–Kier alpha value is -6.96. The van der Waals surface area contributed by atoms with Crippen molar-refractivity contribution in [2.45, 2.75) is 5.41 Å². The van der Waals surface area contributed by atoms with Crippen molar-refractivity contribution in [2.75, 3.05) is 4.90 Å². The molecule has 0 saturated heterocycles. The summed E-state index contributed by atoms with van der Waals surface area (Å²) in [5, 5.41) is 2.52. The molecule has 1 heteroatoms. The summed E-state index contributed by atoms with van der Waals surface area (Å²) < 4.78 is 0. The first kappa shape index (κ1) is 31.7. The highest BCUT2D eigenvalue weighted by Gasteiger charge is 2.48. The minimum atomic E-state index is -0.488. The Morgan fingerprint density at radius 1 is 0.333 bits per heavy atom. The molecule has 1 aliphatic carbocycles. The van der Waals surface area contributed by atoms with Crippen molar-refractivity contribution >= 4 is 27.8 Å². The van der Waals surface area contributed by atoms with Gasteiger partial charge >= 0.3 is 0 Å². The van der Waals surface area contributed by atoms with Crippen molar-refractivity contribution in [1.29, 1.82) is 0 Å². The van der Waals surface area contributed by atoms with Gasteiger partial charge in [-0.25, -0.2) is 0 Å². The largest absolute Gasteiger partial charge is 0.310 e. The molecule has 9 aromatic rings. The Morgan fingerprint density at radius 2 is 0.870 bits per heavy atom. The molecule has 0 aromatic heterocycles. The van der Waals surface area contributed by atoms with Gasteiger partial charge < -0.3 is 4.90 Å². The van der Waals surface area contributed by atoms with Gasteiger partial charge in [-0.2, -0.15) is 0 Å². The second kappa shape index (κ2) is 13.2. The first-order valence-electron chi connectivity index (χ1n) is 18.7. The maximum Gasteiger partial charge on any atom is 0.0719 e. The number of rotatable bonds is 7. The fourth-order valence-electron chi connectivity index (χ4n) is 8.82. The minimum absolute atomic E-state index is 0.488. The average molecular weight is 688 g/mol. The summed E-state index contributed by atoms with van der Waals surface area (Å²) in [5.74, 6) is 0. The van der Waals surface area contributed by atoms with Crippen molar-refractivity contribution in [1.82, 2.24) is 0 Å². The molecule has 1 aliphatic rings. The molecule has 9 aromatic carbocycles. The van der Waals surface area contributed by atoms with Crippen LogP contribution in [0.4, 0.5) is 17.1 Å². The molecule has 0 fully saturated rings. The molecule has 10 rings (SSSR count). The molecule has 0 radical (unpaired) electrons. The van der Waals surface area contributed by atoms with E-state index in [9.17, 15) is 0 Å². The zero-order valence-corrected chi connectivity index (χ0v) is 29.8. The predicted octanol–water partition coefficient (Wildman–Crippen LogP) is 14.0. The molecule has 0 amide bonds. The standard InChI is InChI=1S/C53H37N/c1-5-18-38(19-6-1)40-21-17-28-46(36-40)54(44-26-11-4-12-27-44)45-34-32-39(33-35-45)49-37-41-20-13-14-29-47(41)52-51(49)48-30-15-16-31-50(48)53(52,42-22-7-2-8-23-42)43-24-9-3-10-25-43/h1-37H. The van der Waals surface area contributed by atoms with Crippen molar-refractivity contribution < 1.29 is 0 Å². The van der Waals surface area contributed by atoms with Gasteiger partial charge in [0.25, 0.3) is 0 Å². The number of hydrogen-bond acceptors (Lipinski definition) is 1. The Balaban J connectivity index is 1.19. The average Bonchev–Trinajstić information content (AvgIpc) is 3.57. The van der Waals surface area contributed by atoms with E-state index in [1.807, 2.05) is 0 Å². The lowest BCUT2D eigenvalue weighted by Crippen LogP contribution is -2.28. The first-order chi connectivity index (χ1) is 26.8. The number of hydrogen-bond donors (Lipinski definition) is 0. The molecule has 0 saturated carbocycles. The zero-order chi connectivity index (χ0) is 35.9. The van der Waals surface area contributed by atoms with E-state index in [0.717, 1.165) is 17.1 Å². The van der Waals surface area contributed by atoms with Crippen LogP contribution in [-0.2, 0) is 5.41 Å². The molecule has 0 bridgehead atoms. The van der Waals surface area contributed by atoms with E-state index in [1.165, 1.54) is 66.4 Å². The van der Waals surface area contributed by atoms with Gasteiger partial charge in [-0.1, -0.05) is 182 Å². The Bertz CT molecular complexity index is 2700. The van der Waals surface area contributed by atoms with Crippen molar-refractivity contribution in [2.24, 2.45) is 0 Å². The van der Waals surface area contributed by atoms with E-state index in [-0.39, 0.29) is 0 Å². The highest BCUT2D eigenvalue weighted by Crippen LogP contribution is 2.60. The van der Waals surface area contributed by atoms with Crippen LogP contribution in [0, 0.1) is 0 Å². The summed E-state index contributed by atoms with van der Waals surface area (Å²) in [6, 6.07) is 81.9. The summed E-state index contributed by atoms with van der Waals surface area (Å²) in [5.41, 5.74) is 15.5. The molecule has 0 heterocycles. The van der Waals surface area contributed by atoms with Crippen LogP contribution in [0.3, 0.4) is 0 Å². The number of fused-ring (bicyclic) bond motifs is 5. The van der Waals surface area contributed by atoms with Gasteiger partial charge in [0, 0.05) is 17.1 Å². The van der Waals surface area contributed by atoms with Crippen LogP contribution in [0.25, 0.3) is 44.2 Å². The van der Waals surface area contributed by atoms with Crippen LogP contribution in [0.5, 0.6) is 0 Å². The Labute approximate surface area is 317 Å². The zero-order valence-electron chi connectivity index (χ0n) is 29.8. The van der Waals surface area contributed by atoms with Crippen LogP contribution < -0.4 is 4.90 Å². The number of anilines is 3. The second-order valence-corrected chi connectivity index (χ2v) is 14.1. The fraction of sp³-hybridized carbons (Fsp3) is 0.0189. The third-order valence-corrected chi connectivity index (χ3v) is 11.1. The molecule has 54 heavy (non-hydrogen) atoms. The van der Waals surface area contributed by atoms with E-state index >= 15 is 0 Å². The first-order valence-corrected chi connectivity index (χ1v) is 18.7. The maximum atomic E-state index is 2.41. The second-order valence-electron chi connectivity index (χ2n) is 14.1. The van der Waals surface area contributed by atoms with E-state index < -0.39 is 5.41 Å². The van der Waals surface area contributed by atoms with Gasteiger partial charge in [-0.05, 0) is 109 Å². The summed E-state index contributed by atoms with van der Waals surface area (Å²) in [6.07, 6.45) is 0. The molecular formula is C53H37N. The summed E-state index contributed by atoms with van der Waals surface area (Å²) in [6.45, 7) is 0. The molecule has 0 aliphatic heterocycles. The minimum Gasteiger partial charge on any atom is -0.310 e. The van der Waals surface area contributed by atoms with Gasteiger partial charge in [0.1, 0.15) is 0 Å². The SMILES string of the molecule is c1ccc(-c2cccc(N(c3ccccc3)c3ccc(-c4cc5ccccc5c5c4-c4ccccc4C5(c4ccccc4)c4ccccc4)cc3)c2)cc1. The molecule has 0 spiro atoms. The van der Waals surface area contributed by atoms with Gasteiger partial charge in [0.2, 0.25) is 0 Å². The topological polar surface area (TPSA) is 3.24 Å².